The SMILES string of the molecule is Nc1c(CCO)cccc1-c1ccc(F)cc1. The summed E-state index contributed by atoms with van der Waals surface area (Å²) >= 11 is 0. The maximum Gasteiger partial charge on any atom is 0.123 e. The molecule has 0 aliphatic heterocycles. The second-order valence-corrected chi connectivity index (χ2v) is 3.86. The van der Waals surface area contributed by atoms with Crippen molar-refractivity contribution in [3.63, 3.8) is 0 Å². The molecule has 0 fully saturated rings. The van der Waals surface area contributed by atoms with Gasteiger partial charge in [-0.15, -0.1) is 0 Å². The highest BCUT2D eigenvalue weighted by Gasteiger charge is 2.06. The number of anilines is 1. The van der Waals surface area contributed by atoms with Gasteiger partial charge in [-0.05, 0) is 29.7 Å². The molecule has 0 unspecified atom stereocenters. The zero-order valence-corrected chi connectivity index (χ0v) is 9.36. The van der Waals surface area contributed by atoms with Crippen molar-refractivity contribution in [3.8, 4) is 11.1 Å². The monoisotopic (exact) mass is 231 g/mol. The molecule has 0 atom stereocenters. The third-order valence-electron chi connectivity index (χ3n) is 2.73. The zero-order chi connectivity index (χ0) is 12.3. The molecule has 0 radical (unpaired) electrons. The van der Waals surface area contributed by atoms with Crippen molar-refractivity contribution >= 4 is 5.69 Å². The fraction of sp³-hybridized carbons (Fsp3) is 0.143. The molecular weight excluding hydrogens is 217 g/mol. The van der Waals surface area contributed by atoms with E-state index in [1.807, 2.05) is 18.2 Å². The summed E-state index contributed by atoms with van der Waals surface area (Å²) in [7, 11) is 0. The molecule has 0 spiro atoms. The molecule has 0 bridgehead atoms. The van der Waals surface area contributed by atoms with Gasteiger partial charge >= 0.3 is 0 Å². The largest absolute Gasteiger partial charge is 0.398 e. The number of halogens is 1. The molecule has 0 aliphatic rings. The van der Waals surface area contributed by atoms with Crippen molar-refractivity contribution in [2.75, 3.05) is 12.3 Å². The Labute approximate surface area is 99.5 Å². The van der Waals surface area contributed by atoms with E-state index in [0.717, 1.165) is 16.7 Å². The van der Waals surface area contributed by atoms with Crippen molar-refractivity contribution in [2.24, 2.45) is 0 Å². The average molecular weight is 231 g/mol. The summed E-state index contributed by atoms with van der Waals surface area (Å²) in [6.07, 6.45) is 0.529. The molecule has 0 heterocycles. The van der Waals surface area contributed by atoms with Crippen molar-refractivity contribution < 1.29 is 9.50 Å². The van der Waals surface area contributed by atoms with Gasteiger partial charge in [0.2, 0.25) is 0 Å². The molecule has 3 N–H and O–H groups in total. The first-order valence-corrected chi connectivity index (χ1v) is 5.46. The summed E-state index contributed by atoms with van der Waals surface area (Å²) < 4.78 is 12.8. The van der Waals surface area contributed by atoms with Gasteiger partial charge in [-0.25, -0.2) is 4.39 Å². The molecule has 0 saturated carbocycles. The quantitative estimate of drug-likeness (QED) is 0.797. The van der Waals surface area contributed by atoms with Gasteiger partial charge in [0.05, 0.1) is 0 Å². The predicted octanol–water partition coefficient (Wildman–Crippen LogP) is 2.61. The Balaban J connectivity index is 2.45. The van der Waals surface area contributed by atoms with Gasteiger partial charge in [0, 0.05) is 17.9 Å². The van der Waals surface area contributed by atoms with Crippen LogP contribution < -0.4 is 5.73 Å². The van der Waals surface area contributed by atoms with Gasteiger partial charge in [0.1, 0.15) is 5.82 Å². The Hall–Kier alpha value is -1.87. The molecule has 0 amide bonds. The van der Waals surface area contributed by atoms with E-state index in [0.29, 0.717) is 12.1 Å². The number of benzene rings is 2. The Bertz CT molecular complexity index is 508. The smallest absolute Gasteiger partial charge is 0.123 e. The van der Waals surface area contributed by atoms with Crippen LogP contribution in [-0.2, 0) is 6.42 Å². The molecule has 0 saturated heterocycles. The van der Waals surface area contributed by atoms with E-state index >= 15 is 0 Å². The highest BCUT2D eigenvalue weighted by atomic mass is 19.1. The van der Waals surface area contributed by atoms with Crippen LogP contribution in [-0.4, -0.2) is 11.7 Å². The third-order valence-corrected chi connectivity index (χ3v) is 2.73. The zero-order valence-electron chi connectivity index (χ0n) is 9.36. The second-order valence-electron chi connectivity index (χ2n) is 3.86. The van der Waals surface area contributed by atoms with Crippen LogP contribution in [0, 0.1) is 5.82 Å². The van der Waals surface area contributed by atoms with E-state index in [2.05, 4.69) is 0 Å². The maximum absolute atomic E-state index is 12.8. The predicted molar refractivity (Wildman–Crippen MR) is 67.0 cm³/mol. The van der Waals surface area contributed by atoms with Crippen LogP contribution in [0.4, 0.5) is 10.1 Å². The van der Waals surface area contributed by atoms with Gasteiger partial charge in [-0.3, -0.25) is 0 Å². The minimum atomic E-state index is -0.265. The van der Waals surface area contributed by atoms with Crippen LogP contribution in [0.1, 0.15) is 5.56 Å². The molecule has 2 rings (SSSR count). The third kappa shape index (κ3) is 2.45. The van der Waals surface area contributed by atoms with Gasteiger partial charge in [-0.2, -0.15) is 0 Å². The number of aliphatic hydroxyl groups excluding tert-OH is 1. The first kappa shape index (κ1) is 11.6. The molecule has 0 aliphatic carbocycles. The van der Waals surface area contributed by atoms with Crippen LogP contribution in [0.25, 0.3) is 11.1 Å². The number of nitrogen functional groups attached to an aromatic ring is 1. The Morgan fingerprint density at radius 3 is 2.41 bits per heavy atom. The Morgan fingerprint density at radius 2 is 1.76 bits per heavy atom. The summed E-state index contributed by atoms with van der Waals surface area (Å²) in [6.45, 7) is 0.0665. The second kappa shape index (κ2) is 4.97. The van der Waals surface area contributed by atoms with E-state index in [-0.39, 0.29) is 12.4 Å². The number of aliphatic hydroxyl groups is 1. The highest BCUT2D eigenvalue weighted by molar-refractivity contribution is 5.78. The van der Waals surface area contributed by atoms with Gasteiger partial charge < -0.3 is 10.8 Å². The van der Waals surface area contributed by atoms with Crippen LogP contribution in [0.2, 0.25) is 0 Å². The standard InChI is InChI=1S/C14H14FNO/c15-12-6-4-10(5-7-12)13-3-1-2-11(8-9-17)14(13)16/h1-7,17H,8-9,16H2. The van der Waals surface area contributed by atoms with Crippen molar-refractivity contribution in [1.82, 2.24) is 0 Å². The first-order chi connectivity index (χ1) is 8.22. The molecular formula is C14H14FNO. The first-order valence-electron chi connectivity index (χ1n) is 5.46. The van der Waals surface area contributed by atoms with E-state index in [1.54, 1.807) is 12.1 Å². The minimum absolute atomic E-state index is 0.0665. The summed E-state index contributed by atoms with van der Waals surface area (Å²) in [4.78, 5) is 0. The minimum Gasteiger partial charge on any atom is -0.398 e. The van der Waals surface area contributed by atoms with Crippen molar-refractivity contribution in [2.45, 2.75) is 6.42 Å². The van der Waals surface area contributed by atoms with Crippen LogP contribution in [0.5, 0.6) is 0 Å². The lowest BCUT2D eigenvalue weighted by Crippen LogP contribution is -1.99. The lowest BCUT2D eigenvalue weighted by molar-refractivity contribution is 0.300. The van der Waals surface area contributed by atoms with Crippen molar-refractivity contribution in [3.05, 3.63) is 53.8 Å². The van der Waals surface area contributed by atoms with E-state index < -0.39 is 0 Å². The van der Waals surface area contributed by atoms with Gasteiger partial charge in [-0.1, -0.05) is 30.3 Å². The van der Waals surface area contributed by atoms with Crippen LogP contribution >= 0.6 is 0 Å². The summed E-state index contributed by atoms with van der Waals surface area (Å²) in [5.41, 5.74) is 9.34. The fourth-order valence-corrected chi connectivity index (χ4v) is 1.83. The summed E-state index contributed by atoms with van der Waals surface area (Å²) in [5, 5.41) is 8.94. The lowest BCUT2D eigenvalue weighted by atomic mass is 9.99. The highest BCUT2D eigenvalue weighted by Crippen LogP contribution is 2.28. The molecule has 17 heavy (non-hydrogen) atoms. The molecule has 2 nitrogen and oxygen atoms in total. The number of hydrogen-bond donors (Lipinski definition) is 2. The Morgan fingerprint density at radius 1 is 1.06 bits per heavy atom. The van der Waals surface area contributed by atoms with Crippen LogP contribution in [0.3, 0.4) is 0 Å². The number of hydrogen-bond acceptors (Lipinski definition) is 2. The number of nitrogens with two attached hydrogens (primary N) is 1. The van der Waals surface area contributed by atoms with Crippen molar-refractivity contribution in [1.29, 1.82) is 0 Å². The average Bonchev–Trinajstić information content (AvgIpc) is 2.34. The van der Waals surface area contributed by atoms with Crippen LogP contribution in [0.15, 0.2) is 42.5 Å². The molecule has 88 valence electrons. The van der Waals surface area contributed by atoms with Gasteiger partial charge in [0.15, 0.2) is 0 Å². The van der Waals surface area contributed by atoms with E-state index in [9.17, 15) is 4.39 Å². The number of rotatable bonds is 3. The molecule has 0 aromatic heterocycles. The van der Waals surface area contributed by atoms with Gasteiger partial charge in [0.25, 0.3) is 0 Å². The number of para-hydroxylation sites is 1. The maximum atomic E-state index is 12.8. The summed E-state index contributed by atoms with van der Waals surface area (Å²) in [5.74, 6) is -0.265. The lowest BCUT2D eigenvalue weighted by Gasteiger charge is -2.10. The van der Waals surface area contributed by atoms with E-state index in [4.69, 9.17) is 10.8 Å². The summed E-state index contributed by atoms with van der Waals surface area (Å²) in [6, 6.07) is 11.9. The van der Waals surface area contributed by atoms with E-state index in [1.165, 1.54) is 12.1 Å². The molecule has 3 heteroatoms. The molecule has 2 aromatic carbocycles. The fourth-order valence-electron chi connectivity index (χ4n) is 1.83. The molecule has 2 aromatic rings. The normalized spacial score (nSPS) is 10.5. The topological polar surface area (TPSA) is 46.2 Å². The Kier molecular flexibility index (Phi) is 3.40.